The van der Waals surface area contributed by atoms with Crippen LogP contribution in [0.15, 0.2) is 43.0 Å². The summed E-state index contributed by atoms with van der Waals surface area (Å²) >= 11 is 0. The molecule has 0 unspecified atom stereocenters. The predicted octanol–water partition coefficient (Wildman–Crippen LogP) is 3.40. The molecule has 0 spiro atoms. The number of alkyl halides is 3. The summed E-state index contributed by atoms with van der Waals surface area (Å²) in [7, 11) is 1.49. The molecular formula is C17H15F3N2O5. The summed E-state index contributed by atoms with van der Waals surface area (Å²) in [5.74, 6) is -0.928. The smallest absolute Gasteiger partial charge is 0.435 e. The highest BCUT2D eigenvalue weighted by molar-refractivity contribution is 5.84. The summed E-state index contributed by atoms with van der Waals surface area (Å²) in [6, 6.07) is 6.20. The van der Waals surface area contributed by atoms with Crippen molar-refractivity contribution in [3.8, 4) is 23.1 Å². The number of hydrogen-bond donors (Lipinski definition) is 0. The van der Waals surface area contributed by atoms with E-state index in [1.807, 2.05) is 0 Å². The summed E-state index contributed by atoms with van der Waals surface area (Å²) in [5.41, 5.74) is -1.16. The fourth-order valence-electron chi connectivity index (χ4n) is 1.81. The minimum atomic E-state index is -4.62. The third-order valence-corrected chi connectivity index (χ3v) is 3.00. The van der Waals surface area contributed by atoms with Crippen molar-refractivity contribution in [2.75, 3.05) is 20.3 Å². The zero-order chi connectivity index (χ0) is 19.9. The second kappa shape index (κ2) is 8.99. The van der Waals surface area contributed by atoms with Gasteiger partial charge >= 0.3 is 12.1 Å². The Morgan fingerprint density at radius 3 is 2.48 bits per heavy atom. The molecule has 2 aromatic rings. The Hall–Kier alpha value is -3.14. The maximum Gasteiger partial charge on any atom is 0.435 e. The Kier molecular flexibility index (Phi) is 6.72. The van der Waals surface area contributed by atoms with Crippen LogP contribution in [0.25, 0.3) is 0 Å². The molecule has 27 heavy (non-hydrogen) atoms. The standard InChI is InChI=1S/C17H15F3N2O5/c1-3-15(23)27-16-11(25-10-9-24-2)5-4-6-12(16)26-14-8-7-13(21-22-14)17(18,19)20/h3-8H,1,9-10H2,2H3. The van der Waals surface area contributed by atoms with E-state index in [1.54, 1.807) is 6.07 Å². The molecule has 0 radical (unpaired) electrons. The molecule has 0 atom stereocenters. The van der Waals surface area contributed by atoms with E-state index in [-0.39, 0.29) is 36.3 Å². The van der Waals surface area contributed by atoms with Gasteiger partial charge in [-0.15, -0.1) is 10.2 Å². The maximum absolute atomic E-state index is 12.6. The highest BCUT2D eigenvalue weighted by Crippen LogP contribution is 2.39. The van der Waals surface area contributed by atoms with Crippen molar-refractivity contribution in [3.63, 3.8) is 0 Å². The number of aromatic nitrogens is 2. The number of benzene rings is 1. The Bertz CT molecular complexity index is 794. The molecule has 7 nitrogen and oxygen atoms in total. The van der Waals surface area contributed by atoms with Gasteiger partial charge in [0.25, 0.3) is 0 Å². The first kappa shape index (κ1) is 20.2. The summed E-state index contributed by atoms with van der Waals surface area (Å²) in [6.07, 6.45) is -3.68. The molecule has 1 aromatic carbocycles. The first-order chi connectivity index (χ1) is 12.8. The molecule has 0 amide bonds. The molecule has 0 N–H and O–H groups in total. The van der Waals surface area contributed by atoms with Crippen LogP contribution in [0.3, 0.4) is 0 Å². The van der Waals surface area contributed by atoms with E-state index in [9.17, 15) is 18.0 Å². The number of para-hydroxylation sites is 1. The van der Waals surface area contributed by atoms with E-state index >= 15 is 0 Å². The van der Waals surface area contributed by atoms with Crippen molar-refractivity contribution >= 4 is 5.97 Å². The van der Waals surface area contributed by atoms with E-state index in [2.05, 4.69) is 16.8 Å². The highest BCUT2D eigenvalue weighted by atomic mass is 19.4. The third kappa shape index (κ3) is 5.68. The molecule has 0 saturated carbocycles. The number of rotatable bonds is 8. The monoisotopic (exact) mass is 384 g/mol. The van der Waals surface area contributed by atoms with Crippen LogP contribution < -0.4 is 14.2 Å². The third-order valence-electron chi connectivity index (χ3n) is 3.00. The van der Waals surface area contributed by atoms with Gasteiger partial charge in [-0.25, -0.2) is 4.79 Å². The van der Waals surface area contributed by atoms with Gasteiger partial charge in [0.05, 0.1) is 6.61 Å². The van der Waals surface area contributed by atoms with Crippen molar-refractivity contribution in [1.82, 2.24) is 10.2 Å². The van der Waals surface area contributed by atoms with Gasteiger partial charge in [-0.2, -0.15) is 13.2 Å². The van der Waals surface area contributed by atoms with Crippen LogP contribution >= 0.6 is 0 Å². The second-order valence-corrected chi connectivity index (χ2v) is 4.91. The van der Waals surface area contributed by atoms with Crippen LogP contribution in [0.1, 0.15) is 5.69 Å². The summed E-state index contributed by atoms with van der Waals surface area (Å²) in [5, 5.41) is 6.44. The zero-order valence-electron chi connectivity index (χ0n) is 14.2. The first-order valence-electron chi connectivity index (χ1n) is 7.53. The number of halogens is 3. The molecule has 144 valence electrons. The zero-order valence-corrected chi connectivity index (χ0v) is 14.2. The Labute approximate surface area is 152 Å². The molecule has 0 aliphatic rings. The van der Waals surface area contributed by atoms with Crippen molar-refractivity contribution < 1.29 is 36.9 Å². The molecule has 0 aliphatic heterocycles. The SMILES string of the molecule is C=CC(=O)Oc1c(OCCOC)cccc1Oc1ccc(C(F)(F)F)nn1. The molecule has 1 aromatic heterocycles. The molecule has 0 saturated heterocycles. The first-order valence-corrected chi connectivity index (χ1v) is 7.53. The fraction of sp³-hybridized carbons (Fsp3) is 0.235. The minimum Gasteiger partial charge on any atom is -0.487 e. The Morgan fingerprint density at radius 2 is 1.89 bits per heavy atom. The number of esters is 1. The van der Waals surface area contributed by atoms with E-state index in [0.717, 1.165) is 18.2 Å². The molecule has 2 rings (SSSR count). The van der Waals surface area contributed by atoms with E-state index in [0.29, 0.717) is 0 Å². The van der Waals surface area contributed by atoms with Gasteiger partial charge in [-0.1, -0.05) is 12.6 Å². The lowest BCUT2D eigenvalue weighted by Gasteiger charge is -2.14. The molecule has 10 heteroatoms. The average Bonchev–Trinajstić information content (AvgIpc) is 2.63. The number of methoxy groups -OCH3 is 1. The lowest BCUT2D eigenvalue weighted by Crippen LogP contribution is -2.10. The van der Waals surface area contributed by atoms with Crippen LogP contribution in [-0.2, 0) is 15.7 Å². The van der Waals surface area contributed by atoms with Crippen LogP contribution in [-0.4, -0.2) is 36.5 Å². The van der Waals surface area contributed by atoms with Crippen LogP contribution in [0.2, 0.25) is 0 Å². The number of carbonyl (C=O) groups is 1. The van der Waals surface area contributed by atoms with Crippen molar-refractivity contribution in [1.29, 1.82) is 0 Å². The molecule has 0 bridgehead atoms. The van der Waals surface area contributed by atoms with Gasteiger partial charge in [0, 0.05) is 19.3 Å². The van der Waals surface area contributed by atoms with Gasteiger partial charge in [-0.3, -0.25) is 0 Å². The number of ether oxygens (including phenoxy) is 4. The minimum absolute atomic E-state index is 0.00539. The normalized spacial score (nSPS) is 11.0. The van der Waals surface area contributed by atoms with Gasteiger partial charge in [0.1, 0.15) is 6.61 Å². The number of hydrogen-bond acceptors (Lipinski definition) is 7. The predicted molar refractivity (Wildman–Crippen MR) is 86.8 cm³/mol. The second-order valence-electron chi connectivity index (χ2n) is 4.91. The quantitative estimate of drug-likeness (QED) is 0.299. The maximum atomic E-state index is 12.6. The number of nitrogens with zero attached hydrogens (tertiary/aromatic N) is 2. The molecule has 0 aliphatic carbocycles. The van der Waals surface area contributed by atoms with Crippen molar-refractivity contribution in [2.24, 2.45) is 0 Å². The van der Waals surface area contributed by atoms with Gasteiger partial charge in [0.15, 0.2) is 17.2 Å². The van der Waals surface area contributed by atoms with Gasteiger partial charge in [-0.05, 0) is 18.2 Å². The fourth-order valence-corrected chi connectivity index (χ4v) is 1.81. The van der Waals surface area contributed by atoms with Crippen LogP contribution in [0.5, 0.6) is 23.1 Å². The van der Waals surface area contributed by atoms with Crippen LogP contribution in [0.4, 0.5) is 13.2 Å². The van der Waals surface area contributed by atoms with Gasteiger partial charge < -0.3 is 18.9 Å². The largest absolute Gasteiger partial charge is 0.487 e. The number of carbonyl (C=O) groups excluding carboxylic acids is 1. The summed E-state index contributed by atoms with van der Waals surface area (Å²) in [4.78, 5) is 11.6. The molecular weight excluding hydrogens is 369 g/mol. The van der Waals surface area contributed by atoms with E-state index in [1.165, 1.54) is 19.2 Å². The highest BCUT2D eigenvalue weighted by Gasteiger charge is 2.33. The summed E-state index contributed by atoms with van der Waals surface area (Å²) in [6.45, 7) is 3.75. The topological polar surface area (TPSA) is 79.8 Å². The van der Waals surface area contributed by atoms with E-state index in [4.69, 9.17) is 18.9 Å². The van der Waals surface area contributed by atoms with E-state index < -0.39 is 17.8 Å². The Morgan fingerprint density at radius 1 is 1.15 bits per heavy atom. The molecule has 1 heterocycles. The Balaban J connectivity index is 2.29. The van der Waals surface area contributed by atoms with Crippen molar-refractivity contribution in [2.45, 2.75) is 6.18 Å². The van der Waals surface area contributed by atoms with Crippen molar-refractivity contribution in [3.05, 3.63) is 48.7 Å². The lowest BCUT2D eigenvalue weighted by atomic mass is 10.3. The lowest BCUT2D eigenvalue weighted by molar-refractivity contribution is -0.141. The molecule has 0 fully saturated rings. The van der Waals surface area contributed by atoms with Gasteiger partial charge in [0.2, 0.25) is 11.6 Å². The average molecular weight is 384 g/mol. The van der Waals surface area contributed by atoms with Crippen LogP contribution in [0, 0.1) is 0 Å². The summed E-state index contributed by atoms with van der Waals surface area (Å²) < 4.78 is 58.5.